The van der Waals surface area contributed by atoms with E-state index in [-0.39, 0.29) is 0 Å². The second-order valence-corrected chi connectivity index (χ2v) is 6.41. The molecule has 1 saturated carbocycles. The number of hydrogen-bond donors (Lipinski definition) is 1. The van der Waals surface area contributed by atoms with E-state index < -0.39 is 0 Å². The highest BCUT2D eigenvalue weighted by atomic mass is 79.9. The van der Waals surface area contributed by atoms with E-state index in [4.69, 9.17) is 0 Å². The molecule has 2 rings (SSSR count). The Morgan fingerprint density at radius 2 is 2.06 bits per heavy atom. The van der Waals surface area contributed by atoms with E-state index in [1.165, 1.54) is 42.3 Å². The Kier molecular flexibility index (Phi) is 4.84. The van der Waals surface area contributed by atoms with Gasteiger partial charge in [0.1, 0.15) is 0 Å². The average Bonchev–Trinajstić information content (AvgIpc) is 2.60. The lowest BCUT2D eigenvalue weighted by Gasteiger charge is -2.27. The highest BCUT2D eigenvalue weighted by Crippen LogP contribution is 2.36. The quantitative estimate of drug-likeness (QED) is 0.859. The first-order valence-corrected chi connectivity index (χ1v) is 7.84. The van der Waals surface area contributed by atoms with Gasteiger partial charge < -0.3 is 5.32 Å². The van der Waals surface area contributed by atoms with Gasteiger partial charge in [0.15, 0.2) is 0 Å². The number of likely N-dealkylation sites (N-methyl/N-ethyl adjacent to an activating group) is 1. The first kappa shape index (κ1) is 14.1. The molecule has 1 aromatic rings. The van der Waals surface area contributed by atoms with Crippen molar-refractivity contribution in [2.24, 2.45) is 0 Å². The molecule has 1 heterocycles. The number of aromatic nitrogens is 2. The van der Waals surface area contributed by atoms with Gasteiger partial charge in [0, 0.05) is 18.0 Å². The van der Waals surface area contributed by atoms with Crippen LogP contribution in [0.1, 0.15) is 63.6 Å². The summed E-state index contributed by atoms with van der Waals surface area (Å²) in [6, 6.07) is 1.00. The molecule has 0 saturated heterocycles. The predicted molar refractivity (Wildman–Crippen MR) is 79.0 cm³/mol. The van der Waals surface area contributed by atoms with Crippen LogP contribution in [0.4, 0.5) is 0 Å². The Morgan fingerprint density at radius 3 is 2.72 bits per heavy atom. The van der Waals surface area contributed by atoms with Crippen LogP contribution in [0, 0.1) is 0 Å². The number of halogens is 1. The molecule has 2 atom stereocenters. The Hall–Kier alpha value is -0.350. The zero-order valence-electron chi connectivity index (χ0n) is 11.6. The monoisotopic (exact) mass is 313 g/mol. The third kappa shape index (κ3) is 2.80. The van der Waals surface area contributed by atoms with Crippen LogP contribution >= 0.6 is 15.9 Å². The molecule has 1 aromatic heterocycles. The van der Waals surface area contributed by atoms with Crippen molar-refractivity contribution in [1.29, 1.82) is 0 Å². The van der Waals surface area contributed by atoms with Crippen molar-refractivity contribution in [2.45, 2.75) is 64.0 Å². The average molecular weight is 314 g/mol. The van der Waals surface area contributed by atoms with Crippen LogP contribution in [0.2, 0.25) is 0 Å². The minimum absolute atomic E-state index is 0.423. The van der Waals surface area contributed by atoms with E-state index in [9.17, 15) is 0 Å². The second kappa shape index (κ2) is 6.20. The molecule has 18 heavy (non-hydrogen) atoms. The molecule has 0 radical (unpaired) electrons. The molecule has 1 aliphatic carbocycles. The molecule has 1 aliphatic rings. The Bertz CT molecular complexity index is 386. The maximum atomic E-state index is 4.53. The van der Waals surface area contributed by atoms with Crippen LogP contribution in [-0.2, 0) is 0 Å². The molecule has 0 spiro atoms. The standard InChI is InChI=1S/C14H24BrN3/c1-10(2)18-14(12(15)9-17-18)11-7-5-4-6-8-13(11)16-3/h9-11,13,16H,4-8H2,1-3H3. The minimum atomic E-state index is 0.423. The molecule has 1 fully saturated rings. The van der Waals surface area contributed by atoms with E-state index in [1.807, 2.05) is 6.20 Å². The summed E-state index contributed by atoms with van der Waals surface area (Å²) in [5.41, 5.74) is 1.38. The van der Waals surface area contributed by atoms with E-state index >= 15 is 0 Å². The van der Waals surface area contributed by atoms with Gasteiger partial charge in [0.05, 0.1) is 16.4 Å². The summed E-state index contributed by atoms with van der Waals surface area (Å²) >= 11 is 3.69. The third-order valence-corrected chi connectivity index (χ3v) is 4.63. The fraction of sp³-hybridized carbons (Fsp3) is 0.786. The largest absolute Gasteiger partial charge is 0.316 e. The first-order chi connectivity index (χ1) is 8.65. The van der Waals surface area contributed by atoms with Gasteiger partial charge in [0.25, 0.3) is 0 Å². The van der Waals surface area contributed by atoms with Crippen molar-refractivity contribution in [3.8, 4) is 0 Å². The van der Waals surface area contributed by atoms with Crippen LogP contribution in [-0.4, -0.2) is 22.9 Å². The third-order valence-electron chi connectivity index (χ3n) is 4.01. The smallest absolute Gasteiger partial charge is 0.0635 e. The maximum absolute atomic E-state index is 4.53. The van der Waals surface area contributed by atoms with Crippen molar-refractivity contribution in [3.63, 3.8) is 0 Å². The molecule has 2 unspecified atom stereocenters. The second-order valence-electron chi connectivity index (χ2n) is 5.56. The highest BCUT2D eigenvalue weighted by Gasteiger charge is 2.29. The van der Waals surface area contributed by atoms with Crippen LogP contribution in [0.3, 0.4) is 0 Å². The van der Waals surface area contributed by atoms with Crippen molar-refractivity contribution in [2.75, 3.05) is 7.05 Å². The summed E-state index contributed by atoms with van der Waals surface area (Å²) in [5, 5.41) is 8.05. The first-order valence-electron chi connectivity index (χ1n) is 7.05. The van der Waals surface area contributed by atoms with E-state index in [2.05, 4.69) is 51.9 Å². The van der Waals surface area contributed by atoms with Gasteiger partial charge >= 0.3 is 0 Å². The van der Waals surface area contributed by atoms with Gasteiger partial charge in [-0.05, 0) is 49.7 Å². The van der Waals surface area contributed by atoms with E-state index in [1.54, 1.807) is 0 Å². The van der Waals surface area contributed by atoms with E-state index in [0.717, 1.165) is 0 Å². The lowest BCUT2D eigenvalue weighted by molar-refractivity contribution is 0.396. The molecule has 3 nitrogen and oxygen atoms in total. The van der Waals surface area contributed by atoms with Crippen LogP contribution in [0.25, 0.3) is 0 Å². The van der Waals surface area contributed by atoms with Gasteiger partial charge in [-0.2, -0.15) is 5.10 Å². The highest BCUT2D eigenvalue weighted by molar-refractivity contribution is 9.10. The fourth-order valence-electron chi connectivity index (χ4n) is 3.09. The van der Waals surface area contributed by atoms with E-state index in [0.29, 0.717) is 18.0 Å². The Labute approximate surface area is 118 Å². The number of nitrogens with one attached hydrogen (secondary N) is 1. The summed E-state index contributed by atoms with van der Waals surface area (Å²) < 4.78 is 3.35. The summed E-state index contributed by atoms with van der Waals surface area (Å²) in [4.78, 5) is 0. The van der Waals surface area contributed by atoms with Gasteiger partial charge in [0.2, 0.25) is 0 Å². The number of hydrogen-bond acceptors (Lipinski definition) is 2. The lowest BCUT2D eigenvalue weighted by Crippen LogP contribution is -2.33. The molecule has 102 valence electrons. The summed E-state index contributed by atoms with van der Waals surface area (Å²) in [6.07, 6.45) is 8.53. The minimum Gasteiger partial charge on any atom is -0.316 e. The van der Waals surface area contributed by atoms with Crippen LogP contribution < -0.4 is 5.32 Å². The van der Waals surface area contributed by atoms with Gasteiger partial charge in [-0.15, -0.1) is 0 Å². The van der Waals surface area contributed by atoms with Crippen LogP contribution in [0.15, 0.2) is 10.7 Å². The zero-order chi connectivity index (χ0) is 13.1. The lowest BCUT2D eigenvalue weighted by atomic mass is 9.91. The van der Waals surface area contributed by atoms with Crippen molar-refractivity contribution >= 4 is 15.9 Å². The van der Waals surface area contributed by atoms with Crippen molar-refractivity contribution in [1.82, 2.24) is 15.1 Å². The molecule has 0 bridgehead atoms. The number of rotatable bonds is 3. The summed E-state index contributed by atoms with van der Waals surface area (Å²) in [7, 11) is 2.09. The van der Waals surface area contributed by atoms with Gasteiger partial charge in [-0.25, -0.2) is 0 Å². The molecule has 0 amide bonds. The molecule has 4 heteroatoms. The van der Waals surface area contributed by atoms with Crippen LogP contribution in [0.5, 0.6) is 0 Å². The maximum Gasteiger partial charge on any atom is 0.0635 e. The molecular formula is C14H24BrN3. The molecular weight excluding hydrogens is 290 g/mol. The van der Waals surface area contributed by atoms with Gasteiger partial charge in [-0.3, -0.25) is 4.68 Å². The fourth-order valence-corrected chi connectivity index (χ4v) is 3.66. The molecule has 1 N–H and O–H groups in total. The van der Waals surface area contributed by atoms with Crippen molar-refractivity contribution < 1.29 is 0 Å². The molecule has 0 aromatic carbocycles. The molecule has 0 aliphatic heterocycles. The van der Waals surface area contributed by atoms with Gasteiger partial charge in [-0.1, -0.05) is 19.3 Å². The van der Waals surface area contributed by atoms with Crippen molar-refractivity contribution in [3.05, 3.63) is 16.4 Å². The predicted octanol–water partition coefficient (Wildman–Crippen LogP) is 3.86. The Balaban J connectivity index is 2.35. The normalized spacial score (nSPS) is 25.4. The topological polar surface area (TPSA) is 29.9 Å². The summed E-state index contributed by atoms with van der Waals surface area (Å²) in [5.74, 6) is 0.580. The number of nitrogens with zero attached hydrogens (tertiary/aromatic N) is 2. The SMILES string of the molecule is CNC1CCCCCC1c1c(Br)cnn1C(C)C. The Morgan fingerprint density at radius 1 is 1.33 bits per heavy atom. The summed E-state index contributed by atoms with van der Waals surface area (Å²) in [6.45, 7) is 4.40. The zero-order valence-corrected chi connectivity index (χ0v) is 13.2.